The molecule has 0 unspecified atom stereocenters. The first-order chi connectivity index (χ1) is 14.2. The van der Waals surface area contributed by atoms with Crippen molar-refractivity contribution < 1.29 is 26.9 Å². The van der Waals surface area contributed by atoms with Crippen molar-refractivity contribution in [3.63, 3.8) is 0 Å². The molecule has 2 heterocycles. The number of likely N-dealkylation sites (tertiary alicyclic amines) is 1. The summed E-state index contributed by atoms with van der Waals surface area (Å²) in [5.41, 5.74) is 1.29. The van der Waals surface area contributed by atoms with E-state index in [1.54, 1.807) is 35.2 Å². The van der Waals surface area contributed by atoms with Gasteiger partial charge in [-0.15, -0.1) is 0 Å². The number of rotatable bonds is 4. The van der Waals surface area contributed by atoms with Crippen LogP contribution in [0.5, 0.6) is 5.75 Å². The third kappa shape index (κ3) is 5.09. The number of imidazole rings is 1. The van der Waals surface area contributed by atoms with Crippen molar-refractivity contribution in [3.05, 3.63) is 36.8 Å². The molecule has 1 fully saturated rings. The molecule has 1 aliphatic rings. The summed E-state index contributed by atoms with van der Waals surface area (Å²) >= 11 is 0. The highest BCUT2D eigenvalue weighted by Gasteiger charge is 2.28. The van der Waals surface area contributed by atoms with E-state index in [4.69, 9.17) is 8.92 Å². The maximum atomic E-state index is 12.8. The first-order valence-electron chi connectivity index (χ1n) is 9.32. The van der Waals surface area contributed by atoms with Crippen molar-refractivity contribution in [1.29, 1.82) is 0 Å². The largest absolute Gasteiger partial charge is 0.453 e. The van der Waals surface area contributed by atoms with Crippen molar-refractivity contribution in [2.45, 2.75) is 18.9 Å². The van der Waals surface area contributed by atoms with Gasteiger partial charge in [0.25, 0.3) is 0 Å². The Labute approximate surface area is 175 Å². The number of hydrogen-bond acceptors (Lipinski definition) is 7. The van der Waals surface area contributed by atoms with Gasteiger partial charge in [0.2, 0.25) is 0 Å². The van der Waals surface area contributed by atoms with Crippen molar-refractivity contribution in [1.82, 2.24) is 19.4 Å². The summed E-state index contributed by atoms with van der Waals surface area (Å²) in [6.45, 7) is 1.07. The lowest BCUT2D eigenvalue weighted by atomic mass is 10.0. The molecular formula is C19H24N4O6S. The molecule has 162 valence electrons. The zero-order chi connectivity index (χ0) is 21.9. The molecule has 2 aromatic rings. The molecule has 30 heavy (non-hydrogen) atoms. The van der Waals surface area contributed by atoms with Gasteiger partial charge < -0.3 is 18.7 Å². The fraction of sp³-hybridized carbons (Fsp3) is 0.421. The number of carbonyl (C=O) groups excluding carboxylic acids is 2. The van der Waals surface area contributed by atoms with Crippen molar-refractivity contribution in [3.8, 4) is 17.0 Å². The Morgan fingerprint density at radius 2 is 1.80 bits per heavy atom. The number of piperidine rings is 1. The van der Waals surface area contributed by atoms with Crippen LogP contribution in [0.3, 0.4) is 0 Å². The predicted molar refractivity (Wildman–Crippen MR) is 109 cm³/mol. The number of nitrogens with zero attached hydrogens (tertiary/aromatic N) is 4. The standard InChI is InChI=1S/C19H24N4O6S/c1-21(15-8-10-22(11-9-15)19(25)28-2)18(24)23-12-17(20-13-23)14-4-6-16(7-5-14)29-30(3,26)27/h4-7,12-13,15H,8-11H2,1-3H3. The van der Waals surface area contributed by atoms with E-state index in [1.165, 1.54) is 30.1 Å². The fourth-order valence-corrected chi connectivity index (χ4v) is 3.80. The normalized spacial score (nSPS) is 15.0. The molecule has 1 saturated heterocycles. The highest BCUT2D eigenvalue weighted by Crippen LogP contribution is 2.22. The van der Waals surface area contributed by atoms with Crippen LogP contribution in [-0.4, -0.2) is 79.4 Å². The number of hydrogen-bond donors (Lipinski definition) is 0. The zero-order valence-corrected chi connectivity index (χ0v) is 17.8. The van der Waals surface area contributed by atoms with Crippen LogP contribution in [0.25, 0.3) is 11.3 Å². The molecule has 3 rings (SSSR count). The van der Waals surface area contributed by atoms with Gasteiger partial charge in [-0.25, -0.2) is 14.6 Å². The fourth-order valence-electron chi connectivity index (χ4n) is 3.34. The van der Waals surface area contributed by atoms with Crippen LogP contribution >= 0.6 is 0 Å². The molecular weight excluding hydrogens is 412 g/mol. The summed E-state index contributed by atoms with van der Waals surface area (Å²) in [4.78, 5) is 32.0. The summed E-state index contributed by atoms with van der Waals surface area (Å²) in [7, 11) is -0.502. The number of ether oxygens (including phenoxy) is 1. The Morgan fingerprint density at radius 3 is 2.37 bits per heavy atom. The Kier molecular flexibility index (Phi) is 6.30. The number of amides is 2. The van der Waals surface area contributed by atoms with Crippen LogP contribution < -0.4 is 4.18 Å². The first-order valence-corrected chi connectivity index (χ1v) is 11.1. The molecule has 10 nitrogen and oxygen atoms in total. The minimum atomic E-state index is -3.59. The topological polar surface area (TPSA) is 111 Å². The van der Waals surface area contributed by atoms with E-state index in [1.807, 2.05) is 0 Å². The van der Waals surface area contributed by atoms with Gasteiger partial charge in [0.15, 0.2) is 0 Å². The van der Waals surface area contributed by atoms with Crippen LogP contribution in [0.4, 0.5) is 9.59 Å². The average molecular weight is 436 g/mol. The molecule has 0 aliphatic carbocycles. The summed E-state index contributed by atoms with van der Waals surface area (Å²) in [6.07, 6.45) is 5.02. The van der Waals surface area contributed by atoms with E-state index in [9.17, 15) is 18.0 Å². The smallest absolute Gasteiger partial charge is 0.409 e. The van der Waals surface area contributed by atoms with Gasteiger partial charge >= 0.3 is 22.2 Å². The Bertz CT molecular complexity index is 1010. The molecule has 1 aromatic carbocycles. The van der Waals surface area contributed by atoms with E-state index >= 15 is 0 Å². The number of carbonyl (C=O) groups is 2. The van der Waals surface area contributed by atoms with Gasteiger partial charge in [-0.05, 0) is 37.1 Å². The Hall–Kier alpha value is -3.08. The lowest BCUT2D eigenvalue weighted by Gasteiger charge is -2.35. The number of benzene rings is 1. The van der Waals surface area contributed by atoms with E-state index in [0.717, 1.165) is 11.8 Å². The maximum absolute atomic E-state index is 12.8. The molecule has 1 aliphatic heterocycles. The third-order valence-electron chi connectivity index (χ3n) is 4.95. The summed E-state index contributed by atoms with van der Waals surface area (Å²) in [6, 6.07) is 6.18. The molecule has 0 N–H and O–H groups in total. The van der Waals surface area contributed by atoms with Crippen LogP contribution in [0, 0.1) is 0 Å². The van der Waals surface area contributed by atoms with Crippen molar-refractivity contribution >= 4 is 22.2 Å². The summed E-state index contributed by atoms with van der Waals surface area (Å²) in [5, 5.41) is 0. The van der Waals surface area contributed by atoms with Crippen LogP contribution in [-0.2, 0) is 14.9 Å². The molecule has 0 bridgehead atoms. The number of methoxy groups -OCH3 is 1. The molecule has 11 heteroatoms. The van der Waals surface area contributed by atoms with E-state index in [-0.39, 0.29) is 23.9 Å². The predicted octanol–water partition coefficient (Wildman–Crippen LogP) is 2.02. The average Bonchev–Trinajstić information content (AvgIpc) is 3.22. The quantitative estimate of drug-likeness (QED) is 0.674. The lowest BCUT2D eigenvalue weighted by Crippen LogP contribution is -2.48. The van der Waals surface area contributed by atoms with Gasteiger partial charge in [0.05, 0.1) is 19.1 Å². The number of aromatic nitrogens is 2. The summed E-state index contributed by atoms with van der Waals surface area (Å²) < 4.78 is 33.3. The van der Waals surface area contributed by atoms with E-state index < -0.39 is 10.1 Å². The Balaban J connectivity index is 1.64. The van der Waals surface area contributed by atoms with E-state index in [2.05, 4.69) is 4.98 Å². The highest BCUT2D eigenvalue weighted by molar-refractivity contribution is 7.86. The second-order valence-corrected chi connectivity index (χ2v) is 8.63. The minimum Gasteiger partial charge on any atom is -0.453 e. The monoisotopic (exact) mass is 436 g/mol. The highest BCUT2D eigenvalue weighted by atomic mass is 32.2. The zero-order valence-electron chi connectivity index (χ0n) is 17.0. The van der Waals surface area contributed by atoms with Crippen molar-refractivity contribution in [2.24, 2.45) is 0 Å². The van der Waals surface area contributed by atoms with Crippen molar-refractivity contribution in [2.75, 3.05) is 33.5 Å². The molecule has 1 aromatic heterocycles. The third-order valence-corrected chi connectivity index (χ3v) is 5.44. The van der Waals surface area contributed by atoms with Crippen LogP contribution in [0.15, 0.2) is 36.8 Å². The SMILES string of the molecule is COC(=O)N1CCC(N(C)C(=O)n2cnc(-c3ccc(OS(C)(=O)=O)cc3)c2)CC1. The van der Waals surface area contributed by atoms with Crippen LogP contribution in [0.1, 0.15) is 12.8 Å². The van der Waals surface area contributed by atoms with Crippen LogP contribution in [0.2, 0.25) is 0 Å². The Morgan fingerprint density at radius 1 is 1.17 bits per heavy atom. The minimum absolute atomic E-state index is 0.0108. The lowest BCUT2D eigenvalue weighted by molar-refractivity contribution is 0.0971. The molecule has 2 amide bonds. The summed E-state index contributed by atoms with van der Waals surface area (Å²) in [5.74, 6) is 0.204. The van der Waals surface area contributed by atoms with Gasteiger partial charge in [0, 0.05) is 37.9 Å². The van der Waals surface area contributed by atoms with Gasteiger partial charge in [-0.1, -0.05) is 0 Å². The molecule has 0 radical (unpaired) electrons. The van der Waals surface area contributed by atoms with Gasteiger partial charge in [0.1, 0.15) is 12.1 Å². The molecule has 0 saturated carbocycles. The second kappa shape index (κ2) is 8.74. The van der Waals surface area contributed by atoms with Gasteiger partial charge in [-0.2, -0.15) is 8.42 Å². The van der Waals surface area contributed by atoms with E-state index in [0.29, 0.717) is 31.6 Å². The maximum Gasteiger partial charge on any atom is 0.409 e. The first kappa shape index (κ1) is 21.6. The molecule has 0 spiro atoms. The molecule has 0 atom stereocenters. The second-order valence-electron chi connectivity index (χ2n) is 7.06. The van der Waals surface area contributed by atoms with Gasteiger partial charge in [-0.3, -0.25) is 4.57 Å².